The number of ether oxygens (including phenoxy) is 1. The Balaban J connectivity index is 2.02. The van der Waals surface area contributed by atoms with Gasteiger partial charge < -0.3 is 19.8 Å². The number of allylic oxidation sites excluding steroid dienone is 4. The molecule has 0 saturated heterocycles. The van der Waals surface area contributed by atoms with Gasteiger partial charge in [0.15, 0.2) is 11.5 Å². The van der Waals surface area contributed by atoms with E-state index in [9.17, 15) is 14.7 Å². The van der Waals surface area contributed by atoms with E-state index in [1.165, 1.54) is 24.1 Å². The number of carboxylic acid groups (broad SMARTS) is 1. The van der Waals surface area contributed by atoms with Gasteiger partial charge in [-0.25, -0.2) is 4.79 Å². The number of ketones is 1. The van der Waals surface area contributed by atoms with Crippen LogP contribution in [-0.2, 0) is 9.53 Å². The predicted molar refractivity (Wildman–Crippen MR) is 66.3 cm³/mol. The van der Waals surface area contributed by atoms with Crippen molar-refractivity contribution in [2.45, 2.75) is 6.42 Å². The maximum Gasteiger partial charge on any atom is 0.511 e. The SMILES string of the molecule is O=C(O)OC1=C2SC3=C(C(=O)CC(O)=C3)N2CN=C1. The lowest BCUT2D eigenvalue weighted by atomic mass is 10.1. The van der Waals surface area contributed by atoms with Crippen molar-refractivity contribution in [3.63, 3.8) is 0 Å². The molecule has 3 rings (SSSR count). The van der Waals surface area contributed by atoms with Crippen LogP contribution in [-0.4, -0.2) is 39.9 Å². The summed E-state index contributed by atoms with van der Waals surface area (Å²) in [6.07, 6.45) is 1.33. The highest BCUT2D eigenvalue weighted by molar-refractivity contribution is 8.07. The Morgan fingerprint density at radius 2 is 2.32 bits per heavy atom. The van der Waals surface area contributed by atoms with Gasteiger partial charge in [0.1, 0.15) is 23.2 Å². The molecule has 0 unspecified atom stereocenters. The van der Waals surface area contributed by atoms with Gasteiger partial charge in [0.2, 0.25) is 0 Å². The number of hydrogen-bond donors (Lipinski definition) is 2. The minimum Gasteiger partial charge on any atom is -0.512 e. The number of rotatable bonds is 1. The summed E-state index contributed by atoms with van der Waals surface area (Å²) in [5.74, 6) is -0.138. The monoisotopic (exact) mass is 280 g/mol. The molecule has 0 aromatic carbocycles. The summed E-state index contributed by atoms with van der Waals surface area (Å²) in [7, 11) is 0. The molecule has 98 valence electrons. The zero-order valence-electron chi connectivity index (χ0n) is 9.49. The molecule has 0 aromatic rings. The molecule has 0 saturated carbocycles. The van der Waals surface area contributed by atoms with E-state index in [1.807, 2.05) is 0 Å². The van der Waals surface area contributed by atoms with Crippen molar-refractivity contribution in [2.75, 3.05) is 6.67 Å². The zero-order chi connectivity index (χ0) is 13.6. The van der Waals surface area contributed by atoms with E-state index < -0.39 is 6.16 Å². The molecule has 2 aliphatic heterocycles. The molecule has 2 heterocycles. The van der Waals surface area contributed by atoms with Gasteiger partial charge in [-0.05, 0) is 6.08 Å². The minimum absolute atomic E-state index is 0.00156. The number of fused-ring (bicyclic) bond motifs is 2. The van der Waals surface area contributed by atoms with Crippen LogP contribution in [0.2, 0.25) is 0 Å². The Morgan fingerprint density at radius 3 is 3.05 bits per heavy atom. The highest BCUT2D eigenvalue weighted by atomic mass is 32.2. The second-order valence-electron chi connectivity index (χ2n) is 3.97. The smallest absolute Gasteiger partial charge is 0.511 e. The lowest BCUT2D eigenvalue weighted by molar-refractivity contribution is -0.116. The maximum atomic E-state index is 11.9. The first-order chi connectivity index (χ1) is 9.06. The molecule has 0 spiro atoms. The molecule has 19 heavy (non-hydrogen) atoms. The van der Waals surface area contributed by atoms with Crippen molar-refractivity contribution in [3.05, 3.63) is 33.2 Å². The molecule has 0 radical (unpaired) electrons. The molecule has 8 heteroatoms. The highest BCUT2D eigenvalue weighted by Gasteiger charge is 2.38. The van der Waals surface area contributed by atoms with Gasteiger partial charge in [-0.2, -0.15) is 0 Å². The first-order valence-corrected chi connectivity index (χ1v) is 6.15. The lowest BCUT2D eigenvalue weighted by Gasteiger charge is -2.24. The van der Waals surface area contributed by atoms with Crippen molar-refractivity contribution < 1.29 is 24.5 Å². The van der Waals surface area contributed by atoms with Gasteiger partial charge in [-0.3, -0.25) is 9.79 Å². The molecule has 7 nitrogen and oxygen atoms in total. The largest absolute Gasteiger partial charge is 0.512 e. The predicted octanol–water partition coefficient (Wildman–Crippen LogP) is 1.57. The van der Waals surface area contributed by atoms with Crippen molar-refractivity contribution >= 4 is 29.9 Å². The normalized spacial score (nSPS) is 21.4. The van der Waals surface area contributed by atoms with Crippen molar-refractivity contribution in [2.24, 2.45) is 4.99 Å². The average Bonchev–Trinajstić information content (AvgIpc) is 2.67. The van der Waals surface area contributed by atoms with Gasteiger partial charge in [-0.1, -0.05) is 11.8 Å². The van der Waals surface area contributed by atoms with E-state index in [2.05, 4.69) is 9.73 Å². The molecule has 0 bridgehead atoms. The summed E-state index contributed by atoms with van der Waals surface area (Å²) >= 11 is 1.18. The summed E-state index contributed by atoms with van der Waals surface area (Å²) < 4.78 is 4.64. The van der Waals surface area contributed by atoms with E-state index in [0.717, 1.165) is 0 Å². The summed E-state index contributed by atoms with van der Waals surface area (Å²) in [5.41, 5.74) is 0.432. The van der Waals surface area contributed by atoms with Crippen LogP contribution in [0.15, 0.2) is 38.2 Å². The fourth-order valence-electron chi connectivity index (χ4n) is 2.02. The number of hydrogen-bond acceptors (Lipinski definition) is 7. The third kappa shape index (κ3) is 1.89. The molecule has 1 aliphatic carbocycles. The van der Waals surface area contributed by atoms with Crippen LogP contribution in [0.5, 0.6) is 0 Å². The average molecular weight is 280 g/mol. The Morgan fingerprint density at radius 1 is 1.53 bits per heavy atom. The van der Waals surface area contributed by atoms with E-state index in [0.29, 0.717) is 15.6 Å². The molecule has 0 amide bonds. The molecule has 3 aliphatic rings. The Bertz CT molecular complexity index is 617. The van der Waals surface area contributed by atoms with Gasteiger partial charge >= 0.3 is 6.16 Å². The summed E-state index contributed by atoms with van der Waals surface area (Å²) in [6.45, 7) is 0.230. The number of aliphatic hydroxyl groups excluding tert-OH is 1. The number of aliphatic hydroxyl groups is 1. The fraction of sp³-hybridized carbons (Fsp3) is 0.182. The Hall–Kier alpha value is -2.22. The first-order valence-electron chi connectivity index (χ1n) is 5.33. The standard InChI is InChI=1S/C11H8N2O5S/c14-5-1-6(15)9-8(2-5)19-10-7(18-11(16)17)3-12-4-13(9)10/h2-3,14H,1,4H2,(H,16,17). The summed E-state index contributed by atoms with van der Waals surface area (Å²) in [4.78, 5) is 28.7. The summed E-state index contributed by atoms with van der Waals surface area (Å²) in [6, 6.07) is 0. The third-order valence-corrected chi connectivity index (χ3v) is 3.84. The fourth-order valence-corrected chi connectivity index (χ4v) is 3.20. The number of aliphatic imine (C=N–C) groups is 1. The van der Waals surface area contributed by atoms with Crippen LogP contribution in [0.25, 0.3) is 0 Å². The number of nitrogens with zero attached hydrogens (tertiary/aromatic N) is 2. The minimum atomic E-state index is -1.44. The van der Waals surface area contributed by atoms with Crippen LogP contribution in [0.3, 0.4) is 0 Å². The topological polar surface area (TPSA) is 99.4 Å². The van der Waals surface area contributed by atoms with Crippen LogP contribution in [0, 0.1) is 0 Å². The van der Waals surface area contributed by atoms with Crippen molar-refractivity contribution in [1.29, 1.82) is 0 Å². The molecule has 0 aromatic heterocycles. The van der Waals surface area contributed by atoms with E-state index >= 15 is 0 Å². The maximum absolute atomic E-state index is 11.9. The van der Waals surface area contributed by atoms with Crippen LogP contribution in [0.1, 0.15) is 6.42 Å². The number of Topliss-reactive ketones (excluding diaryl/α,β-unsaturated/α-hetero) is 1. The quantitative estimate of drug-likeness (QED) is 0.703. The lowest BCUT2D eigenvalue weighted by Crippen LogP contribution is -2.28. The van der Waals surface area contributed by atoms with Gasteiger partial charge in [0.25, 0.3) is 0 Å². The van der Waals surface area contributed by atoms with Gasteiger partial charge in [0.05, 0.1) is 12.6 Å². The van der Waals surface area contributed by atoms with Gasteiger partial charge in [-0.15, -0.1) is 0 Å². The first kappa shape index (κ1) is 11.8. The third-order valence-electron chi connectivity index (χ3n) is 2.70. The van der Waals surface area contributed by atoms with Crippen LogP contribution >= 0.6 is 11.8 Å². The van der Waals surface area contributed by atoms with Crippen LogP contribution < -0.4 is 0 Å². The van der Waals surface area contributed by atoms with E-state index in [-0.39, 0.29) is 30.4 Å². The second kappa shape index (κ2) is 4.16. The second-order valence-corrected chi connectivity index (χ2v) is 5.00. The molecule has 0 fully saturated rings. The molecule has 0 atom stereocenters. The summed E-state index contributed by atoms with van der Waals surface area (Å²) in [5, 5.41) is 18.6. The molecular weight excluding hydrogens is 272 g/mol. The number of carbonyl (C=O) groups is 2. The molecular formula is C11H8N2O5S. The number of thioether (sulfide) groups is 1. The Kier molecular flexibility index (Phi) is 2.59. The van der Waals surface area contributed by atoms with Crippen LogP contribution in [0.4, 0.5) is 4.79 Å². The van der Waals surface area contributed by atoms with Crippen molar-refractivity contribution in [1.82, 2.24) is 4.90 Å². The van der Waals surface area contributed by atoms with Gasteiger partial charge in [0, 0.05) is 4.91 Å². The zero-order valence-corrected chi connectivity index (χ0v) is 10.3. The van der Waals surface area contributed by atoms with E-state index in [1.54, 1.807) is 4.90 Å². The molecule has 2 N–H and O–H groups in total. The number of carbonyl (C=O) groups excluding carboxylic acids is 1. The highest BCUT2D eigenvalue weighted by Crippen LogP contribution is 2.47. The van der Waals surface area contributed by atoms with Crippen molar-refractivity contribution in [3.8, 4) is 0 Å². The Labute approximate surface area is 111 Å². The van der Waals surface area contributed by atoms with E-state index in [4.69, 9.17) is 5.11 Å².